The molecular formula is C15H26N2O3S. The van der Waals surface area contributed by atoms with E-state index in [2.05, 4.69) is 5.32 Å². The van der Waals surface area contributed by atoms with Crippen LogP contribution in [0.3, 0.4) is 0 Å². The van der Waals surface area contributed by atoms with Crippen LogP contribution < -0.4 is 5.32 Å². The number of sulfonamides is 1. The molecule has 1 aromatic carbocycles. The van der Waals surface area contributed by atoms with E-state index in [9.17, 15) is 8.42 Å². The third-order valence-corrected chi connectivity index (χ3v) is 5.29. The van der Waals surface area contributed by atoms with Crippen molar-refractivity contribution in [3.63, 3.8) is 0 Å². The zero-order valence-electron chi connectivity index (χ0n) is 13.0. The molecule has 0 radical (unpaired) electrons. The van der Waals surface area contributed by atoms with Gasteiger partial charge in [0, 0.05) is 25.7 Å². The molecule has 120 valence electrons. The van der Waals surface area contributed by atoms with Crippen molar-refractivity contribution in [2.75, 3.05) is 25.0 Å². The number of para-hydroxylation sites is 1. The second kappa shape index (κ2) is 8.36. The monoisotopic (exact) mass is 314 g/mol. The smallest absolute Gasteiger partial charge is 0.245 e. The number of benzene rings is 1. The lowest BCUT2D eigenvalue weighted by atomic mass is 10.3. The minimum absolute atomic E-state index is 0.0194. The van der Waals surface area contributed by atoms with E-state index in [4.69, 9.17) is 5.11 Å². The standard InChI is InChI=1S/C15H26N2O3S/c1-4-10-16-14-8-5-6-9-15(14)21(19,20)17(13(2)3)11-7-12-18/h5-6,8-9,13,16,18H,4,7,10-12H2,1-3H3. The van der Waals surface area contributed by atoms with Crippen molar-refractivity contribution in [3.05, 3.63) is 24.3 Å². The first-order valence-corrected chi connectivity index (χ1v) is 8.84. The molecule has 1 rings (SSSR count). The normalized spacial score (nSPS) is 12.1. The summed E-state index contributed by atoms with van der Waals surface area (Å²) in [7, 11) is -3.57. The molecule has 0 saturated heterocycles. The molecule has 1 aromatic rings. The van der Waals surface area contributed by atoms with Crippen LogP contribution in [-0.2, 0) is 10.0 Å². The van der Waals surface area contributed by atoms with Gasteiger partial charge in [-0.05, 0) is 38.8 Å². The van der Waals surface area contributed by atoms with Crippen molar-refractivity contribution in [2.24, 2.45) is 0 Å². The van der Waals surface area contributed by atoms with Gasteiger partial charge in [-0.3, -0.25) is 0 Å². The van der Waals surface area contributed by atoms with Crippen LogP contribution in [0, 0.1) is 0 Å². The highest BCUT2D eigenvalue weighted by atomic mass is 32.2. The summed E-state index contributed by atoms with van der Waals surface area (Å²) in [4.78, 5) is 0.296. The maximum atomic E-state index is 12.9. The van der Waals surface area contributed by atoms with Crippen LogP contribution >= 0.6 is 0 Å². The quantitative estimate of drug-likeness (QED) is 0.734. The number of hydrogen-bond acceptors (Lipinski definition) is 4. The van der Waals surface area contributed by atoms with Gasteiger partial charge in [-0.25, -0.2) is 8.42 Å². The zero-order valence-corrected chi connectivity index (χ0v) is 13.9. The predicted molar refractivity (Wildman–Crippen MR) is 86.0 cm³/mol. The Labute approximate surface area is 128 Å². The van der Waals surface area contributed by atoms with Crippen molar-refractivity contribution < 1.29 is 13.5 Å². The van der Waals surface area contributed by atoms with Gasteiger partial charge in [0.1, 0.15) is 4.90 Å². The molecule has 6 heteroatoms. The average Bonchev–Trinajstić information content (AvgIpc) is 2.45. The molecular weight excluding hydrogens is 288 g/mol. The van der Waals surface area contributed by atoms with E-state index in [1.165, 1.54) is 4.31 Å². The van der Waals surface area contributed by atoms with Gasteiger partial charge in [-0.1, -0.05) is 19.1 Å². The van der Waals surface area contributed by atoms with Crippen molar-refractivity contribution in [1.29, 1.82) is 0 Å². The van der Waals surface area contributed by atoms with Gasteiger partial charge in [-0.15, -0.1) is 0 Å². The van der Waals surface area contributed by atoms with Crippen LogP contribution in [0.4, 0.5) is 5.69 Å². The maximum absolute atomic E-state index is 12.9. The van der Waals surface area contributed by atoms with Crippen molar-refractivity contribution >= 4 is 15.7 Å². The molecule has 21 heavy (non-hydrogen) atoms. The zero-order chi connectivity index (χ0) is 15.9. The summed E-state index contributed by atoms with van der Waals surface area (Å²) in [6.07, 6.45) is 1.36. The fourth-order valence-electron chi connectivity index (χ4n) is 2.11. The summed E-state index contributed by atoms with van der Waals surface area (Å²) < 4.78 is 27.2. The lowest BCUT2D eigenvalue weighted by Gasteiger charge is -2.26. The van der Waals surface area contributed by atoms with Gasteiger partial charge in [0.2, 0.25) is 10.0 Å². The van der Waals surface area contributed by atoms with E-state index >= 15 is 0 Å². The maximum Gasteiger partial charge on any atom is 0.245 e. The largest absolute Gasteiger partial charge is 0.396 e. The van der Waals surface area contributed by atoms with Gasteiger partial charge in [-0.2, -0.15) is 4.31 Å². The Bertz CT molecular complexity index is 529. The molecule has 0 unspecified atom stereocenters. The molecule has 0 aliphatic carbocycles. The minimum atomic E-state index is -3.57. The lowest BCUT2D eigenvalue weighted by molar-refractivity contribution is 0.258. The average molecular weight is 314 g/mol. The minimum Gasteiger partial charge on any atom is -0.396 e. The van der Waals surface area contributed by atoms with E-state index in [1.807, 2.05) is 26.8 Å². The third kappa shape index (κ3) is 4.69. The number of anilines is 1. The summed E-state index contributed by atoms with van der Waals surface area (Å²) in [5.74, 6) is 0. The SMILES string of the molecule is CCCNc1ccccc1S(=O)(=O)N(CCCO)C(C)C. The highest BCUT2D eigenvalue weighted by molar-refractivity contribution is 7.89. The van der Waals surface area contributed by atoms with Gasteiger partial charge < -0.3 is 10.4 Å². The first-order chi connectivity index (χ1) is 9.95. The number of nitrogens with one attached hydrogen (secondary N) is 1. The summed E-state index contributed by atoms with van der Waals surface area (Å²) in [6, 6.07) is 6.81. The first-order valence-electron chi connectivity index (χ1n) is 7.40. The molecule has 0 bridgehead atoms. The molecule has 0 aliphatic rings. The fourth-order valence-corrected chi connectivity index (χ4v) is 3.95. The molecule has 0 saturated carbocycles. The Hall–Kier alpha value is -1.11. The van der Waals surface area contributed by atoms with Gasteiger partial charge in [0.15, 0.2) is 0 Å². The molecule has 0 aromatic heterocycles. The number of aliphatic hydroxyl groups excluding tert-OH is 1. The van der Waals surface area contributed by atoms with Crippen LogP contribution in [0.1, 0.15) is 33.6 Å². The Balaban J connectivity index is 3.15. The molecule has 0 heterocycles. The number of nitrogens with zero attached hydrogens (tertiary/aromatic N) is 1. The number of aliphatic hydroxyl groups is 1. The molecule has 0 amide bonds. The third-order valence-electron chi connectivity index (χ3n) is 3.15. The van der Waals surface area contributed by atoms with Crippen LogP contribution in [0.2, 0.25) is 0 Å². The summed E-state index contributed by atoms with van der Waals surface area (Å²) >= 11 is 0. The van der Waals surface area contributed by atoms with E-state index in [0.717, 1.165) is 13.0 Å². The molecule has 5 nitrogen and oxygen atoms in total. The Morgan fingerprint density at radius 1 is 1.29 bits per heavy atom. The molecule has 0 spiro atoms. The van der Waals surface area contributed by atoms with Crippen molar-refractivity contribution in [3.8, 4) is 0 Å². The lowest BCUT2D eigenvalue weighted by Crippen LogP contribution is -2.38. The van der Waals surface area contributed by atoms with Crippen LogP contribution in [0.15, 0.2) is 29.2 Å². The van der Waals surface area contributed by atoms with Crippen LogP contribution in [0.25, 0.3) is 0 Å². The van der Waals surface area contributed by atoms with Crippen molar-refractivity contribution in [1.82, 2.24) is 4.31 Å². The Kier molecular flexibility index (Phi) is 7.14. The van der Waals surface area contributed by atoms with Crippen LogP contribution in [-0.4, -0.2) is 43.6 Å². The predicted octanol–water partition coefficient (Wildman–Crippen LogP) is 2.29. The Morgan fingerprint density at radius 3 is 2.52 bits per heavy atom. The second-order valence-electron chi connectivity index (χ2n) is 5.21. The van der Waals surface area contributed by atoms with E-state index in [-0.39, 0.29) is 12.6 Å². The molecule has 0 atom stereocenters. The first kappa shape index (κ1) is 17.9. The fraction of sp³-hybridized carbons (Fsp3) is 0.600. The summed E-state index contributed by atoms with van der Waals surface area (Å²) in [5, 5.41) is 12.1. The van der Waals surface area contributed by atoms with E-state index in [1.54, 1.807) is 18.2 Å². The molecule has 0 fully saturated rings. The number of hydrogen-bond donors (Lipinski definition) is 2. The van der Waals surface area contributed by atoms with Gasteiger partial charge in [0.25, 0.3) is 0 Å². The Morgan fingerprint density at radius 2 is 1.95 bits per heavy atom. The molecule has 0 aliphatic heterocycles. The summed E-state index contributed by atoms with van der Waals surface area (Å²) in [6.45, 7) is 6.75. The van der Waals surface area contributed by atoms with Crippen molar-refractivity contribution in [2.45, 2.75) is 44.6 Å². The summed E-state index contributed by atoms with van der Waals surface area (Å²) in [5.41, 5.74) is 0.633. The van der Waals surface area contributed by atoms with Gasteiger partial charge >= 0.3 is 0 Å². The van der Waals surface area contributed by atoms with E-state index in [0.29, 0.717) is 23.5 Å². The van der Waals surface area contributed by atoms with Gasteiger partial charge in [0.05, 0.1) is 5.69 Å². The topological polar surface area (TPSA) is 69.6 Å². The second-order valence-corrected chi connectivity index (χ2v) is 7.07. The van der Waals surface area contributed by atoms with Crippen LogP contribution in [0.5, 0.6) is 0 Å². The number of rotatable bonds is 9. The highest BCUT2D eigenvalue weighted by Crippen LogP contribution is 2.26. The molecule has 2 N–H and O–H groups in total. The highest BCUT2D eigenvalue weighted by Gasteiger charge is 2.28. The van der Waals surface area contributed by atoms with E-state index < -0.39 is 10.0 Å².